The van der Waals surface area contributed by atoms with Gasteiger partial charge in [0.05, 0.1) is 6.20 Å². The lowest BCUT2D eigenvalue weighted by Gasteiger charge is -2.22. The van der Waals surface area contributed by atoms with Gasteiger partial charge in [-0.05, 0) is 18.9 Å². The Morgan fingerprint density at radius 3 is 2.82 bits per heavy atom. The van der Waals surface area contributed by atoms with E-state index in [2.05, 4.69) is 45.1 Å². The van der Waals surface area contributed by atoms with Crippen LogP contribution >= 0.6 is 0 Å². The van der Waals surface area contributed by atoms with Crippen LogP contribution in [0.2, 0.25) is 0 Å². The highest BCUT2D eigenvalue weighted by Gasteiger charge is 2.16. The van der Waals surface area contributed by atoms with Gasteiger partial charge in [0, 0.05) is 43.8 Å². The van der Waals surface area contributed by atoms with E-state index in [9.17, 15) is 0 Å². The Hall–Kier alpha value is -2.08. The Balaban J connectivity index is 2.00. The first kappa shape index (κ1) is 14.8. The summed E-state index contributed by atoms with van der Waals surface area (Å²) in [5.41, 5.74) is 1.77. The molecule has 3 heterocycles. The van der Waals surface area contributed by atoms with Gasteiger partial charge in [-0.1, -0.05) is 13.8 Å². The summed E-state index contributed by atoms with van der Waals surface area (Å²) in [6, 6.07) is 2.11. The van der Waals surface area contributed by atoms with Crippen molar-refractivity contribution < 1.29 is 0 Å². The van der Waals surface area contributed by atoms with Crippen molar-refractivity contribution in [3.8, 4) is 11.5 Å². The fourth-order valence-corrected chi connectivity index (χ4v) is 2.51. The van der Waals surface area contributed by atoms with Crippen molar-refractivity contribution in [2.24, 2.45) is 0 Å². The van der Waals surface area contributed by atoms with Crippen molar-refractivity contribution in [2.75, 3.05) is 31.1 Å². The zero-order valence-corrected chi connectivity index (χ0v) is 13.2. The van der Waals surface area contributed by atoms with Crippen LogP contribution in [0, 0.1) is 0 Å². The van der Waals surface area contributed by atoms with E-state index in [0.29, 0.717) is 11.7 Å². The Kier molecular flexibility index (Phi) is 4.58. The second-order valence-corrected chi connectivity index (χ2v) is 5.81. The van der Waals surface area contributed by atoms with Gasteiger partial charge in [0.25, 0.3) is 0 Å². The van der Waals surface area contributed by atoms with E-state index < -0.39 is 0 Å². The quantitative estimate of drug-likeness (QED) is 0.933. The van der Waals surface area contributed by atoms with Crippen molar-refractivity contribution in [3.05, 3.63) is 30.4 Å². The van der Waals surface area contributed by atoms with E-state index in [1.165, 1.54) is 0 Å². The van der Waals surface area contributed by atoms with Crippen molar-refractivity contribution >= 4 is 5.82 Å². The third kappa shape index (κ3) is 3.39. The molecule has 0 aromatic carbocycles. The highest BCUT2D eigenvalue weighted by molar-refractivity contribution is 5.53. The first-order chi connectivity index (χ1) is 10.7. The van der Waals surface area contributed by atoms with Crippen LogP contribution in [0.25, 0.3) is 11.5 Å². The second kappa shape index (κ2) is 6.79. The predicted octanol–water partition coefficient (Wildman–Crippen LogP) is 1.86. The van der Waals surface area contributed by atoms with E-state index >= 15 is 0 Å². The standard InChI is InChI=1S/C16H22N6/c1-12(2)13-10-15(22-8-3-4-17-7-9-22)21-16(20-13)14-11-18-5-6-19-14/h5-6,10-12,17H,3-4,7-9H2,1-2H3. The van der Waals surface area contributed by atoms with Gasteiger partial charge in [-0.2, -0.15) is 0 Å². The highest BCUT2D eigenvalue weighted by Crippen LogP contribution is 2.23. The maximum absolute atomic E-state index is 4.74. The summed E-state index contributed by atoms with van der Waals surface area (Å²) in [6.45, 7) is 8.33. The van der Waals surface area contributed by atoms with E-state index in [-0.39, 0.29) is 0 Å². The molecule has 1 aliphatic heterocycles. The fourth-order valence-electron chi connectivity index (χ4n) is 2.51. The smallest absolute Gasteiger partial charge is 0.182 e. The summed E-state index contributed by atoms with van der Waals surface area (Å²) in [5, 5.41) is 3.42. The molecule has 0 aliphatic carbocycles. The zero-order chi connectivity index (χ0) is 15.4. The van der Waals surface area contributed by atoms with Gasteiger partial charge in [-0.25, -0.2) is 15.0 Å². The molecule has 0 spiro atoms. The molecule has 1 aliphatic rings. The number of aromatic nitrogens is 4. The van der Waals surface area contributed by atoms with Gasteiger partial charge in [0.1, 0.15) is 11.5 Å². The van der Waals surface area contributed by atoms with Crippen LogP contribution in [-0.4, -0.2) is 46.1 Å². The molecule has 0 bridgehead atoms. The molecule has 116 valence electrons. The molecule has 1 fully saturated rings. The molecule has 0 radical (unpaired) electrons. The van der Waals surface area contributed by atoms with Gasteiger partial charge >= 0.3 is 0 Å². The van der Waals surface area contributed by atoms with Crippen LogP contribution in [0.15, 0.2) is 24.7 Å². The van der Waals surface area contributed by atoms with Crippen molar-refractivity contribution in [1.29, 1.82) is 0 Å². The summed E-state index contributed by atoms with van der Waals surface area (Å²) in [5.74, 6) is 2.00. The molecule has 1 saturated heterocycles. The maximum Gasteiger partial charge on any atom is 0.182 e. The van der Waals surface area contributed by atoms with E-state index in [1.54, 1.807) is 18.6 Å². The predicted molar refractivity (Wildman–Crippen MR) is 86.8 cm³/mol. The van der Waals surface area contributed by atoms with Gasteiger partial charge in [-0.15, -0.1) is 0 Å². The zero-order valence-electron chi connectivity index (χ0n) is 13.2. The molecule has 1 N–H and O–H groups in total. The molecule has 22 heavy (non-hydrogen) atoms. The normalized spacial score (nSPS) is 15.9. The molecule has 2 aromatic rings. The van der Waals surface area contributed by atoms with Crippen LogP contribution in [0.1, 0.15) is 31.9 Å². The average Bonchev–Trinajstić information content (AvgIpc) is 2.84. The Morgan fingerprint density at radius 1 is 1.14 bits per heavy atom. The number of rotatable bonds is 3. The molecule has 6 heteroatoms. The average molecular weight is 298 g/mol. The minimum Gasteiger partial charge on any atom is -0.355 e. The molecular formula is C16H22N6. The first-order valence-electron chi connectivity index (χ1n) is 7.85. The fraction of sp³-hybridized carbons (Fsp3) is 0.500. The van der Waals surface area contributed by atoms with Gasteiger partial charge in [-0.3, -0.25) is 4.98 Å². The number of nitrogens with zero attached hydrogens (tertiary/aromatic N) is 5. The number of hydrogen-bond donors (Lipinski definition) is 1. The monoisotopic (exact) mass is 298 g/mol. The maximum atomic E-state index is 4.74. The lowest BCUT2D eigenvalue weighted by molar-refractivity contribution is 0.724. The van der Waals surface area contributed by atoms with Crippen LogP contribution in [-0.2, 0) is 0 Å². The molecule has 0 saturated carbocycles. The summed E-state index contributed by atoms with van der Waals surface area (Å²) < 4.78 is 0. The lowest BCUT2D eigenvalue weighted by atomic mass is 10.1. The topological polar surface area (TPSA) is 66.8 Å². The molecule has 0 unspecified atom stereocenters. The number of anilines is 1. The van der Waals surface area contributed by atoms with Crippen LogP contribution in [0.4, 0.5) is 5.82 Å². The first-order valence-corrected chi connectivity index (χ1v) is 7.85. The summed E-state index contributed by atoms with van der Waals surface area (Å²) >= 11 is 0. The van der Waals surface area contributed by atoms with E-state index in [4.69, 9.17) is 4.98 Å². The third-order valence-electron chi connectivity index (χ3n) is 3.78. The van der Waals surface area contributed by atoms with Gasteiger partial charge in [0.2, 0.25) is 0 Å². The minimum atomic E-state index is 0.349. The van der Waals surface area contributed by atoms with Crippen molar-refractivity contribution in [2.45, 2.75) is 26.2 Å². The molecule has 0 amide bonds. The third-order valence-corrected chi connectivity index (χ3v) is 3.78. The summed E-state index contributed by atoms with van der Waals surface area (Å²) in [4.78, 5) is 20.2. The Morgan fingerprint density at radius 2 is 2.05 bits per heavy atom. The van der Waals surface area contributed by atoms with E-state index in [1.807, 2.05) is 0 Å². The molecule has 6 nitrogen and oxygen atoms in total. The molecule has 2 aromatic heterocycles. The largest absolute Gasteiger partial charge is 0.355 e. The van der Waals surface area contributed by atoms with Crippen LogP contribution in [0.3, 0.4) is 0 Å². The molecular weight excluding hydrogens is 276 g/mol. The summed E-state index contributed by atoms with van der Waals surface area (Å²) in [7, 11) is 0. The molecule has 3 rings (SSSR count). The van der Waals surface area contributed by atoms with Crippen molar-refractivity contribution in [1.82, 2.24) is 25.3 Å². The van der Waals surface area contributed by atoms with Gasteiger partial charge < -0.3 is 10.2 Å². The SMILES string of the molecule is CC(C)c1cc(N2CCCNCC2)nc(-c2cnccn2)n1. The van der Waals surface area contributed by atoms with E-state index in [0.717, 1.165) is 49.8 Å². The number of hydrogen-bond acceptors (Lipinski definition) is 6. The Bertz CT molecular complexity index is 605. The van der Waals surface area contributed by atoms with Crippen LogP contribution in [0.5, 0.6) is 0 Å². The van der Waals surface area contributed by atoms with Gasteiger partial charge in [0.15, 0.2) is 5.82 Å². The van der Waals surface area contributed by atoms with Crippen LogP contribution < -0.4 is 10.2 Å². The second-order valence-electron chi connectivity index (χ2n) is 5.81. The molecule has 0 atom stereocenters. The summed E-state index contributed by atoms with van der Waals surface area (Å²) in [6.07, 6.45) is 6.18. The minimum absolute atomic E-state index is 0.349. The highest BCUT2D eigenvalue weighted by atomic mass is 15.2. The lowest BCUT2D eigenvalue weighted by Crippen LogP contribution is -2.29. The Labute approximate surface area is 131 Å². The number of nitrogens with one attached hydrogen (secondary N) is 1. The van der Waals surface area contributed by atoms with Crippen molar-refractivity contribution in [3.63, 3.8) is 0 Å².